The molecule has 14 heavy (non-hydrogen) atoms. The zero-order valence-corrected chi connectivity index (χ0v) is 9.26. The van der Waals surface area contributed by atoms with Crippen LogP contribution >= 0.6 is 23.2 Å². The smallest absolute Gasteiger partial charge is 0.106 e. The summed E-state index contributed by atoms with van der Waals surface area (Å²) in [5.41, 5.74) is 0.505. The van der Waals surface area contributed by atoms with Crippen molar-refractivity contribution in [1.82, 2.24) is 0 Å². The molecule has 1 aromatic carbocycles. The Kier molecular flexibility index (Phi) is 4.20. The first-order chi connectivity index (χ1) is 6.56. The average molecular weight is 235 g/mol. The van der Waals surface area contributed by atoms with E-state index in [1.54, 1.807) is 25.1 Å². The third-order valence-electron chi connectivity index (χ3n) is 2.06. The van der Waals surface area contributed by atoms with Gasteiger partial charge in [-0.3, -0.25) is 0 Å². The number of hydrogen-bond donors (Lipinski definition) is 2. The van der Waals surface area contributed by atoms with Gasteiger partial charge in [0.15, 0.2) is 0 Å². The van der Waals surface area contributed by atoms with Gasteiger partial charge < -0.3 is 10.2 Å². The first-order valence-electron chi connectivity index (χ1n) is 4.37. The molecule has 2 atom stereocenters. The number of benzene rings is 1. The highest BCUT2D eigenvalue weighted by Gasteiger charge is 2.18. The molecule has 0 bridgehead atoms. The van der Waals surface area contributed by atoms with Crippen molar-refractivity contribution in [2.75, 3.05) is 0 Å². The van der Waals surface area contributed by atoms with E-state index in [0.717, 1.165) is 0 Å². The molecule has 0 radical (unpaired) electrons. The molecule has 1 unspecified atom stereocenters. The Morgan fingerprint density at radius 1 is 1.29 bits per heavy atom. The minimum absolute atomic E-state index is 0.373. The van der Waals surface area contributed by atoms with Crippen LogP contribution in [-0.4, -0.2) is 16.3 Å². The number of rotatable bonds is 3. The van der Waals surface area contributed by atoms with Crippen molar-refractivity contribution in [2.24, 2.45) is 0 Å². The van der Waals surface area contributed by atoms with Crippen LogP contribution in [0.3, 0.4) is 0 Å². The van der Waals surface area contributed by atoms with Crippen LogP contribution in [0.25, 0.3) is 0 Å². The number of aliphatic hydroxyl groups is 2. The van der Waals surface area contributed by atoms with Gasteiger partial charge in [0.25, 0.3) is 0 Å². The molecule has 1 rings (SSSR count). The van der Waals surface area contributed by atoms with Crippen molar-refractivity contribution in [1.29, 1.82) is 0 Å². The molecule has 0 aliphatic heterocycles. The number of hydrogen-bond acceptors (Lipinski definition) is 2. The van der Waals surface area contributed by atoms with Crippen molar-refractivity contribution >= 4 is 23.2 Å². The van der Waals surface area contributed by atoms with Crippen LogP contribution in [0.1, 0.15) is 25.0 Å². The van der Waals surface area contributed by atoms with E-state index in [1.165, 1.54) is 0 Å². The summed E-state index contributed by atoms with van der Waals surface area (Å²) in [4.78, 5) is 0. The van der Waals surface area contributed by atoms with Gasteiger partial charge in [0, 0.05) is 15.6 Å². The topological polar surface area (TPSA) is 40.5 Å². The molecule has 0 heterocycles. The lowest BCUT2D eigenvalue weighted by molar-refractivity contribution is 0.0165. The summed E-state index contributed by atoms with van der Waals surface area (Å²) in [5.74, 6) is 0. The normalized spacial score (nSPS) is 15.2. The zero-order chi connectivity index (χ0) is 10.7. The Morgan fingerprint density at radius 2 is 1.93 bits per heavy atom. The summed E-state index contributed by atoms with van der Waals surface area (Å²) in [6, 6.07) is 4.80. The van der Waals surface area contributed by atoms with Gasteiger partial charge in [0.2, 0.25) is 0 Å². The Morgan fingerprint density at radius 3 is 2.43 bits per heavy atom. The van der Waals surface area contributed by atoms with Gasteiger partial charge >= 0.3 is 0 Å². The molecule has 2 N–H and O–H groups in total. The maximum Gasteiger partial charge on any atom is 0.106 e. The largest absolute Gasteiger partial charge is 0.390 e. The second-order valence-electron chi connectivity index (χ2n) is 3.09. The van der Waals surface area contributed by atoms with Crippen molar-refractivity contribution in [3.8, 4) is 0 Å². The van der Waals surface area contributed by atoms with Gasteiger partial charge in [-0.1, -0.05) is 36.2 Å². The van der Waals surface area contributed by atoms with Crippen LogP contribution < -0.4 is 0 Å². The Balaban J connectivity index is 2.95. The summed E-state index contributed by atoms with van der Waals surface area (Å²) in [6.07, 6.45) is -1.28. The highest BCUT2D eigenvalue weighted by Crippen LogP contribution is 2.28. The number of halogens is 2. The second kappa shape index (κ2) is 4.99. The fraction of sp³-hybridized carbons (Fsp3) is 0.400. The molecule has 0 aliphatic carbocycles. The van der Waals surface area contributed by atoms with E-state index < -0.39 is 12.2 Å². The van der Waals surface area contributed by atoms with Gasteiger partial charge in [-0.05, 0) is 18.6 Å². The number of aliphatic hydroxyl groups excluding tert-OH is 2. The molecule has 0 saturated heterocycles. The van der Waals surface area contributed by atoms with Crippen LogP contribution in [0.5, 0.6) is 0 Å². The molecule has 1 aromatic rings. The minimum Gasteiger partial charge on any atom is -0.390 e. The van der Waals surface area contributed by atoms with Crippen LogP contribution in [0, 0.1) is 0 Å². The maximum atomic E-state index is 9.68. The summed E-state index contributed by atoms with van der Waals surface area (Å²) in [6.45, 7) is 1.79. The van der Waals surface area contributed by atoms with E-state index in [9.17, 15) is 10.2 Å². The summed E-state index contributed by atoms with van der Waals surface area (Å²) in [7, 11) is 0. The van der Waals surface area contributed by atoms with E-state index in [0.29, 0.717) is 22.0 Å². The summed E-state index contributed by atoms with van der Waals surface area (Å²) < 4.78 is 0. The van der Waals surface area contributed by atoms with Crippen molar-refractivity contribution < 1.29 is 10.2 Å². The summed E-state index contributed by atoms with van der Waals surface area (Å²) in [5, 5.41) is 20.0. The molecule has 0 amide bonds. The Labute approximate surface area is 93.1 Å². The molecular formula is C10H12Cl2O2. The van der Waals surface area contributed by atoms with Crippen molar-refractivity contribution in [3.63, 3.8) is 0 Å². The molecule has 4 heteroatoms. The fourth-order valence-corrected chi connectivity index (χ4v) is 1.69. The van der Waals surface area contributed by atoms with Crippen LogP contribution in [0.15, 0.2) is 18.2 Å². The first-order valence-corrected chi connectivity index (χ1v) is 5.13. The predicted molar refractivity (Wildman–Crippen MR) is 57.7 cm³/mol. The lowest BCUT2D eigenvalue weighted by atomic mass is 10.0. The molecule has 2 nitrogen and oxygen atoms in total. The average Bonchev–Trinajstić information content (AvgIpc) is 2.15. The van der Waals surface area contributed by atoms with Crippen LogP contribution in [-0.2, 0) is 0 Å². The van der Waals surface area contributed by atoms with Crippen LogP contribution in [0.2, 0.25) is 10.0 Å². The third kappa shape index (κ3) is 2.61. The predicted octanol–water partition coefficient (Wildman–Crippen LogP) is 2.80. The lowest BCUT2D eigenvalue weighted by Gasteiger charge is -2.17. The molecule has 0 fully saturated rings. The highest BCUT2D eigenvalue weighted by atomic mass is 35.5. The van der Waals surface area contributed by atoms with E-state index in [-0.39, 0.29) is 0 Å². The first kappa shape index (κ1) is 11.8. The molecule has 78 valence electrons. The molecule has 0 aromatic heterocycles. The highest BCUT2D eigenvalue weighted by molar-refractivity contribution is 6.35. The molecule has 0 aliphatic rings. The maximum absolute atomic E-state index is 9.68. The van der Waals surface area contributed by atoms with E-state index in [4.69, 9.17) is 23.2 Å². The minimum atomic E-state index is -0.954. The van der Waals surface area contributed by atoms with Gasteiger partial charge in [-0.25, -0.2) is 0 Å². The quantitative estimate of drug-likeness (QED) is 0.845. The van der Waals surface area contributed by atoms with Gasteiger partial charge in [0.1, 0.15) is 6.10 Å². The standard InChI is InChI=1S/C10H12Cl2O2/c1-2-9(13)10(14)7-4-3-6(11)5-8(7)12/h3-5,9-10,13-14H,2H2,1H3/t9?,10-/m0/s1. The lowest BCUT2D eigenvalue weighted by Crippen LogP contribution is -2.17. The summed E-state index contributed by atoms with van der Waals surface area (Å²) >= 11 is 11.6. The van der Waals surface area contributed by atoms with Gasteiger partial charge in [-0.2, -0.15) is 0 Å². The van der Waals surface area contributed by atoms with Crippen LogP contribution in [0.4, 0.5) is 0 Å². The van der Waals surface area contributed by atoms with Crippen molar-refractivity contribution in [3.05, 3.63) is 33.8 Å². The SMILES string of the molecule is CCC(O)[C@@H](O)c1ccc(Cl)cc1Cl. The molecule has 0 saturated carbocycles. The van der Waals surface area contributed by atoms with E-state index in [2.05, 4.69) is 0 Å². The van der Waals surface area contributed by atoms with E-state index in [1.807, 2.05) is 0 Å². The second-order valence-corrected chi connectivity index (χ2v) is 3.93. The Bertz CT molecular complexity index is 315. The van der Waals surface area contributed by atoms with Crippen molar-refractivity contribution in [2.45, 2.75) is 25.6 Å². The Hall–Kier alpha value is -0.280. The molecule has 0 spiro atoms. The zero-order valence-electron chi connectivity index (χ0n) is 7.74. The van der Waals surface area contributed by atoms with Gasteiger partial charge in [0.05, 0.1) is 6.10 Å². The monoisotopic (exact) mass is 234 g/mol. The van der Waals surface area contributed by atoms with E-state index >= 15 is 0 Å². The fourth-order valence-electron chi connectivity index (χ4n) is 1.17. The van der Waals surface area contributed by atoms with Gasteiger partial charge in [-0.15, -0.1) is 0 Å². The third-order valence-corrected chi connectivity index (χ3v) is 2.63. The molecular weight excluding hydrogens is 223 g/mol.